The van der Waals surface area contributed by atoms with E-state index in [4.69, 9.17) is 4.74 Å². The Bertz CT molecular complexity index is 816. The Labute approximate surface area is 152 Å². The predicted octanol–water partition coefficient (Wildman–Crippen LogP) is 2.50. The van der Waals surface area contributed by atoms with Crippen molar-refractivity contribution in [3.8, 4) is 0 Å². The van der Waals surface area contributed by atoms with E-state index in [9.17, 15) is 23.3 Å². The van der Waals surface area contributed by atoms with Crippen LogP contribution in [0.3, 0.4) is 0 Å². The van der Waals surface area contributed by atoms with E-state index < -0.39 is 26.6 Å². The summed E-state index contributed by atoms with van der Waals surface area (Å²) in [5.41, 5.74) is -0.130. The normalized spacial score (nSPS) is 16.4. The molecule has 0 aromatic heterocycles. The number of rotatable bonds is 4. The fourth-order valence-electron chi connectivity index (χ4n) is 2.63. The van der Waals surface area contributed by atoms with Crippen molar-refractivity contribution in [1.82, 2.24) is 4.90 Å². The summed E-state index contributed by atoms with van der Waals surface area (Å²) in [6.07, 6.45) is -0.111. The van der Waals surface area contributed by atoms with Crippen molar-refractivity contribution in [3.05, 3.63) is 33.9 Å². The smallest absolute Gasteiger partial charge is 0.410 e. The molecule has 0 spiro atoms. The van der Waals surface area contributed by atoms with Crippen LogP contribution in [0, 0.1) is 10.1 Å². The number of nitro benzene ring substituents is 1. The van der Waals surface area contributed by atoms with Gasteiger partial charge < -0.3 is 9.64 Å². The minimum absolute atomic E-state index is 0.0159. The van der Waals surface area contributed by atoms with Gasteiger partial charge in [-0.05, 0) is 33.3 Å². The molecule has 0 N–H and O–H groups in total. The predicted molar refractivity (Wildman–Crippen MR) is 96.5 cm³/mol. The minimum atomic E-state index is -3.45. The summed E-state index contributed by atoms with van der Waals surface area (Å²) < 4.78 is 31.0. The molecule has 1 amide bonds. The fourth-order valence-corrected chi connectivity index (χ4v) is 4.22. The summed E-state index contributed by atoms with van der Waals surface area (Å²) >= 11 is 0. The van der Waals surface area contributed by atoms with Crippen molar-refractivity contribution in [2.24, 2.45) is 0 Å². The van der Waals surface area contributed by atoms with Crippen molar-refractivity contribution >= 4 is 27.5 Å². The number of carbonyl (C=O) groups excluding carboxylic acids is 1. The lowest BCUT2D eigenvalue weighted by Gasteiger charge is -2.26. The quantitative estimate of drug-likeness (QED) is 0.582. The Morgan fingerprint density at radius 1 is 1.38 bits per heavy atom. The summed E-state index contributed by atoms with van der Waals surface area (Å²) in [6.45, 7) is 5.48. The lowest BCUT2D eigenvalue weighted by molar-refractivity contribution is -0.384. The van der Waals surface area contributed by atoms with Crippen molar-refractivity contribution in [2.45, 2.75) is 39.3 Å². The topological polar surface area (TPSA) is 110 Å². The number of hydrogen-bond acceptors (Lipinski definition) is 6. The summed E-state index contributed by atoms with van der Waals surface area (Å²) in [4.78, 5) is 24.0. The second-order valence-electron chi connectivity index (χ2n) is 7.15. The fraction of sp³-hybridized carbons (Fsp3) is 0.562. The monoisotopic (exact) mass is 385 g/mol. The number of amides is 1. The maximum atomic E-state index is 12.2. The van der Waals surface area contributed by atoms with E-state index in [1.165, 1.54) is 34.5 Å². The molecule has 0 atom stereocenters. The van der Waals surface area contributed by atoms with Crippen LogP contribution in [0.2, 0.25) is 0 Å². The van der Waals surface area contributed by atoms with E-state index in [0.29, 0.717) is 24.2 Å². The summed E-state index contributed by atoms with van der Waals surface area (Å²) in [5.74, 6) is 0.0331. The second-order valence-corrected chi connectivity index (χ2v) is 9.16. The number of nitrogens with zero attached hydrogens (tertiary/aromatic N) is 3. The minimum Gasteiger partial charge on any atom is -0.444 e. The average molecular weight is 385 g/mol. The number of benzene rings is 1. The Hall–Kier alpha value is -2.36. The molecular formula is C16H23N3O6S. The van der Waals surface area contributed by atoms with Gasteiger partial charge in [0.05, 0.1) is 22.9 Å². The van der Waals surface area contributed by atoms with E-state index in [0.717, 1.165) is 0 Å². The molecule has 10 heteroatoms. The van der Waals surface area contributed by atoms with Crippen LogP contribution in [-0.4, -0.2) is 49.3 Å². The summed E-state index contributed by atoms with van der Waals surface area (Å²) in [5, 5.41) is 11.1. The maximum absolute atomic E-state index is 12.2. The third-order valence-corrected chi connectivity index (χ3v) is 5.61. The van der Waals surface area contributed by atoms with Crippen LogP contribution in [0.5, 0.6) is 0 Å². The van der Waals surface area contributed by atoms with Crippen LogP contribution in [0.25, 0.3) is 0 Å². The molecule has 2 rings (SSSR count). The van der Waals surface area contributed by atoms with E-state index in [1.54, 1.807) is 20.8 Å². The Balaban J connectivity index is 2.37. The van der Waals surface area contributed by atoms with Crippen LogP contribution in [0.15, 0.2) is 18.2 Å². The number of nitro groups is 1. The first-order valence-electron chi connectivity index (χ1n) is 8.12. The lowest BCUT2D eigenvalue weighted by Crippen LogP contribution is -2.34. The van der Waals surface area contributed by atoms with Crippen LogP contribution >= 0.6 is 0 Å². The molecular weight excluding hydrogens is 362 g/mol. The molecule has 144 valence electrons. The van der Waals surface area contributed by atoms with Gasteiger partial charge in [-0.1, -0.05) is 0 Å². The first-order valence-corrected chi connectivity index (χ1v) is 9.73. The third kappa shape index (κ3) is 4.63. The zero-order chi connectivity index (χ0) is 19.7. The van der Waals surface area contributed by atoms with Gasteiger partial charge >= 0.3 is 6.09 Å². The van der Waals surface area contributed by atoms with Gasteiger partial charge in [0, 0.05) is 31.3 Å². The molecule has 1 saturated heterocycles. The van der Waals surface area contributed by atoms with Gasteiger partial charge in [0.2, 0.25) is 10.0 Å². The summed E-state index contributed by atoms with van der Waals surface area (Å²) in [7, 11) is -1.96. The van der Waals surface area contributed by atoms with Crippen molar-refractivity contribution in [3.63, 3.8) is 0 Å². The summed E-state index contributed by atoms with van der Waals surface area (Å²) in [6, 6.07) is 3.98. The number of hydrogen-bond donors (Lipinski definition) is 0. The van der Waals surface area contributed by atoms with E-state index in [1.807, 2.05) is 0 Å². The van der Waals surface area contributed by atoms with Crippen LogP contribution in [0.4, 0.5) is 16.2 Å². The van der Waals surface area contributed by atoms with E-state index in [-0.39, 0.29) is 18.0 Å². The van der Waals surface area contributed by atoms with Crippen LogP contribution < -0.4 is 4.31 Å². The maximum Gasteiger partial charge on any atom is 0.410 e. The molecule has 0 saturated carbocycles. The van der Waals surface area contributed by atoms with Crippen molar-refractivity contribution < 1.29 is 22.9 Å². The highest BCUT2D eigenvalue weighted by Crippen LogP contribution is 2.31. The Morgan fingerprint density at radius 2 is 2.04 bits per heavy atom. The molecule has 1 aliphatic rings. The van der Waals surface area contributed by atoms with E-state index >= 15 is 0 Å². The zero-order valence-corrected chi connectivity index (χ0v) is 16.1. The molecule has 0 bridgehead atoms. The number of ether oxygens (including phenoxy) is 1. The van der Waals surface area contributed by atoms with Crippen LogP contribution in [0.1, 0.15) is 32.8 Å². The third-order valence-electron chi connectivity index (χ3n) is 3.75. The molecule has 1 aromatic rings. The molecule has 1 heterocycles. The molecule has 1 aromatic carbocycles. The number of anilines is 1. The van der Waals surface area contributed by atoms with Gasteiger partial charge in [0.1, 0.15) is 5.60 Å². The first kappa shape index (κ1) is 20.0. The zero-order valence-electron chi connectivity index (χ0n) is 15.3. The van der Waals surface area contributed by atoms with Gasteiger partial charge in [0.25, 0.3) is 5.69 Å². The average Bonchev–Trinajstić information content (AvgIpc) is 2.84. The Morgan fingerprint density at radius 3 is 2.54 bits per heavy atom. The van der Waals surface area contributed by atoms with Crippen molar-refractivity contribution in [1.29, 1.82) is 0 Å². The molecule has 0 unspecified atom stereocenters. The number of sulfonamides is 1. The standard InChI is InChI=1S/C16H23N3O6S/c1-16(2,3)25-15(20)17(4)11-12-10-13(19(21)22)6-7-14(12)18-8-5-9-26(18,23)24/h6-7,10H,5,8-9,11H2,1-4H3. The first-order chi connectivity index (χ1) is 11.9. The molecule has 1 aliphatic heterocycles. The number of carbonyl (C=O) groups is 1. The van der Waals surface area contributed by atoms with Gasteiger partial charge in [-0.2, -0.15) is 0 Å². The highest BCUT2D eigenvalue weighted by molar-refractivity contribution is 7.93. The largest absolute Gasteiger partial charge is 0.444 e. The van der Waals surface area contributed by atoms with E-state index in [2.05, 4.69) is 0 Å². The molecule has 26 heavy (non-hydrogen) atoms. The SMILES string of the molecule is CN(Cc1cc([N+](=O)[O-])ccc1N1CCCS1(=O)=O)C(=O)OC(C)(C)C. The van der Waals surface area contributed by atoms with Gasteiger partial charge in [-0.25, -0.2) is 13.2 Å². The van der Waals surface area contributed by atoms with Gasteiger partial charge in [-0.15, -0.1) is 0 Å². The molecule has 1 fully saturated rings. The van der Waals surface area contributed by atoms with Crippen LogP contribution in [-0.2, 0) is 21.3 Å². The van der Waals surface area contributed by atoms with Crippen molar-refractivity contribution in [2.75, 3.05) is 23.7 Å². The molecule has 0 aliphatic carbocycles. The highest BCUT2D eigenvalue weighted by Gasteiger charge is 2.31. The second kappa shape index (κ2) is 7.10. The van der Waals surface area contributed by atoms with Gasteiger partial charge in [-0.3, -0.25) is 14.4 Å². The number of non-ortho nitro benzene ring substituents is 1. The molecule has 9 nitrogen and oxygen atoms in total. The Kier molecular flexibility index (Phi) is 5.45. The van der Waals surface area contributed by atoms with Gasteiger partial charge in [0.15, 0.2) is 0 Å². The highest BCUT2D eigenvalue weighted by atomic mass is 32.2. The molecule has 0 radical (unpaired) electrons. The lowest BCUT2D eigenvalue weighted by atomic mass is 10.1.